The van der Waals surface area contributed by atoms with Crippen LogP contribution < -0.4 is 5.32 Å². The van der Waals surface area contributed by atoms with Crippen molar-refractivity contribution in [1.29, 1.82) is 0 Å². The first kappa shape index (κ1) is 43.6. The molecule has 298 valence electrons. The summed E-state index contributed by atoms with van der Waals surface area (Å²) in [5, 5.41) is 3.94. The van der Waals surface area contributed by atoms with E-state index in [4.69, 9.17) is 28.1 Å². The summed E-state index contributed by atoms with van der Waals surface area (Å²) in [7, 11) is -2.04. The Hall–Kier alpha value is -1.10. The summed E-state index contributed by atoms with van der Waals surface area (Å²) in [6.45, 7) is 23.7. The van der Waals surface area contributed by atoms with Gasteiger partial charge < -0.3 is 33.4 Å². The third kappa shape index (κ3) is 13.6. The minimum atomic E-state index is -2.04. The van der Waals surface area contributed by atoms with Gasteiger partial charge in [0, 0.05) is 6.54 Å². The Kier molecular flexibility index (Phi) is 16.9. The Morgan fingerprint density at radius 2 is 1.35 bits per heavy atom. The quantitative estimate of drug-likeness (QED) is 0.0720. The second-order valence-corrected chi connectivity index (χ2v) is 23.2. The minimum Gasteiger partial charge on any atom is -0.408 e. The number of hydrogen-bond acceptors (Lipinski definition) is 7. The molecule has 0 aromatic heterocycles. The van der Waals surface area contributed by atoms with Crippen molar-refractivity contribution >= 4 is 8.32 Å². The average molecular weight is 744 g/mol. The zero-order chi connectivity index (χ0) is 37.8. The van der Waals surface area contributed by atoms with Crippen LogP contribution in [0, 0.1) is 0 Å². The first-order valence-corrected chi connectivity index (χ1v) is 23.9. The van der Waals surface area contributed by atoms with Gasteiger partial charge in [0.25, 0.3) is 0 Å². The molecule has 1 N–H and O–H groups in total. The lowest BCUT2D eigenvalue weighted by atomic mass is 9.94. The monoisotopic (exact) mass is 744 g/mol. The smallest absolute Gasteiger partial charge is 0.193 e. The predicted molar refractivity (Wildman–Crippen MR) is 216 cm³/mol. The lowest BCUT2D eigenvalue weighted by molar-refractivity contribution is -0.233. The molecule has 1 unspecified atom stereocenters. The van der Waals surface area contributed by atoms with Crippen LogP contribution in [0.4, 0.5) is 0 Å². The summed E-state index contributed by atoms with van der Waals surface area (Å²) < 4.78 is 40.3. The molecule has 0 amide bonds. The molecule has 1 aliphatic carbocycles. The minimum absolute atomic E-state index is 0.00929. The molecule has 1 aromatic rings. The van der Waals surface area contributed by atoms with Gasteiger partial charge >= 0.3 is 0 Å². The number of rotatable bonds is 22. The predicted octanol–water partition coefficient (Wildman–Crippen LogP) is 10.7. The van der Waals surface area contributed by atoms with E-state index in [9.17, 15) is 0 Å². The number of nitrogens with one attached hydrogen (secondary N) is 1. The van der Waals surface area contributed by atoms with Gasteiger partial charge in [-0.05, 0) is 57.8 Å². The topological polar surface area (TPSA) is 67.4 Å². The van der Waals surface area contributed by atoms with E-state index in [1.54, 1.807) is 0 Å². The van der Waals surface area contributed by atoms with Crippen LogP contribution in [0.3, 0.4) is 0 Å². The van der Waals surface area contributed by atoms with Crippen molar-refractivity contribution in [3.63, 3.8) is 0 Å². The van der Waals surface area contributed by atoms with Crippen molar-refractivity contribution in [3.05, 3.63) is 48.0 Å². The van der Waals surface area contributed by atoms with E-state index in [0.29, 0.717) is 13.2 Å². The molecule has 7 atom stereocenters. The molecule has 2 aliphatic heterocycles. The summed E-state index contributed by atoms with van der Waals surface area (Å²) in [5.41, 5.74) is 0.861. The Morgan fingerprint density at radius 3 is 1.94 bits per heavy atom. The molecule has 8 heteroatoms. The van der Waals surface area contributed by atoms with Crippen LogP contribution >= 0.6 is 0 Å². The zero-order valence-corrected chi connectivity index (χ0v) is 35.8. The van der Waals surface area contributed by atoms with Gasteiger partial charge in [0.2, 0.25) is 0 Å². The molecule has 7 nitrogen and oxygen atoms in total. The highest BCUT2D eigenvalue weighted by molar-refractivity contribution is 6.74. The normalized spacial score (nSPS) is 27.8. The highest BCUT2D eigenvalue weighted by Gasteiger charge is 2.53. The van der Waals surface area contributed by atoms with Gasteiger partial charge in [-0.1, -0.05) is 147 Å². The number of ether oxygens (including phenoxy) is 5. The van der Waals surface area contributed by atoms with Gasteiger partial charge in [0.15, 0.2) is 14.1 Å². The Labute approximate surface area is 319 Å². The summed E-state index contributed by atoms with van der Waals surface area (Å²) in [5.74, 6) is -0.716. The van der Waals surface area contributed by atoms with Crippen LogP contribution in [0.1, 0.15) is 144 Å². The van der Waals surface area contributed by atoms with Crippen molar-refractivity contribution in [3.8, 4) is 0 Å². The Bertz CT molecular complexity index is 1180. The molecule has 0 spiro atoms. The lowest BCUT2D eigenvalue weighted by Crippen LogP contribution is -2.59. The molecular weight excluding hydrogens is 667 g/mol. The number of fused-ring (bicyclic) bond motifs is 1. The first-order chi connectivity index (χ1) is 24.6. The molecule has 2 heterocycles. The van der Waals surface area contributed by atoms with Crippen LogP contribution in [-0.4, -0.2) is 75.6 Å². The van der Waals surface area contributed by atoms with E-state index in [1.165, 1.54) is 76.2 Å². The molecule has 52 heavy (non-hydrogen) atoms. The van der Waals surface area contributed by atoms with Crippen LogP contribution in [0.2, 0.25) is 18.1 Å². The highest BCUT2D eigenvalue weighted by atomic mass is 28.4. The van der Waals surface area contributed by atoms with Crippen LogP contribution in [0.15, 0.2) is 42.5 Å². The van der Waals surface area contributed by atoms with E-state index in [2.05, 4.69) is 102 Å². The fourth-order valence-corrected chi connectivity index (χ4v) is 8.77. The summed E-state index contributed by atoms with van der Waals surface area (Å²) >= 11 is 0. The Morgan fingerprint density at radius 1 is 0.788 bits per heavy atom. The van der Waals surface area contributed by atoms with Gasteiger partial charge in [-0.15, -0.1) is 0 Å². The summed E-state index contributed by atoms with van der Waals surface area (Å²) in [4.78, 5) is 0. The van der Waals surface area contributed by atoms with Gasteiger partial charge in [0.05, 0.1) is 37.1 Å². The fourth-order valence-electron chi connectivity index (χ4n) is 7.52. The standard InChI is InChI=1S/C44H77NO6Si/c1-11-12-13-14-15-16-17-18-19-20-21-25-28-36-39(48-43(5,6)33-47-36)35(45-31-34-26-23-22-24-27-34)32-46-37-29-30-38(51-52(9,10)42(2,3)4)41-40(37)49-44(7,8)50-41/h22-24,26-27,29-30,35-41,45H,11-21,25,28,31-33H2,1-10H3/t35-,36+,37+,38?,39-,40+,41+/m1/s1. The molecular formula is C44H77NO6Si. The zero-order valence-electron chi connectivity index (χ0n) is 34.8. The van der Waals surface area contributed by atoms with Crippen molar-refractivity contribution in [2.45, 2.75) is 218 Å². The van der Waals surface area contributed by atoms with Crippen molar-refractivity contribution in [2.75, 3.05) is 13.2 Å². The van der Waals surface area contributed by atoms with Crippen LogP contribution in [0.5, 0.6) is 0 Å². The maximum Gasteiger partial charge on any atom is 0.193 e. The molecule has 0 saturated carbocycles. The van der Waals surface area contributed by atoms with Gasteiger partial charge in [-0.3, -0.25) is 0 Å². The lowest BCUT2D eigenvalue weighted by Gasteiger charge is -2.45. The second kappa shape index (κ2) is 20.2. The largest absolute Gasteiger partial charge is 0.408 e. The molecule has 2 fully saturated rings. The SMILES string of the molecule is CCCCCCCCCCCCCC[C@@H]1OCC(C)(C)O[C@@H]1[C@@H](CO[C@H]1C=CC(O[Si](C)(C)C(C)(C)C)[C@@H]2OC(C)(C)O[C@@H]12)NCc1ccccc1. The van der Waals surface area contributed by atoms with Crippen LogP contribution in [-0.2, 0) is 34.7 Å². The number of benzene rings is 1. The highest BCUT2D eigenvalue weighted by Crippen LogP contribution is 2.42. The van der Waals surface area contributed by atoms with E-state index in [1.807, 2.05) is 13.8 Å². The maximum atomic E-state index is 6.90. The average Bonchev–Trinajstić information content (AvgIpc) is 3.42. The van der Waals surface area contributed by atoms with E-state index >= 15 is 0 Å². The number of unbranched alkanes of at least 4 members (excludes halogenated alkanes) is 11. The second-order valence-electron chi connectivity index (χ2n) is 18.4. The third-order valence-electron chi connectivity index (χ3n) is 11.6. The van der Waals surface area contributed by atoms with E-state index in [-0.39, 0.29) is 53.3 Å². The van der Waals surface area contributed by atoms with E-state index < -0.39 is 14.1 Å². The van der Waals surface area contributed by atoms with Crippen molar-refractivity contribution in [1.82, 2.24) is 5.32 Å². The molecule has 1 aromatic carbocycles. The maximum absolute atomic E-state index is 6.90. The van der Waals surface area contributed by atoms with Crippen molar-refractivity contribution in [2.24, 2.45) is 0 Å². The molecule has 0 radical (unpaired) electrons. The van der Waals surface area contributed by atoms with Gasteiger partial charge in [0.1, 0.15) is 24.4 Å². The molecule has 4 rings (SSSR count). The molecule has 3 aliphatic rings. The van der Waals surface area contributed by atoms with Gasteiger partial charge in [-0.2, -0.15) is 0 Å². The fraction of sp³-hybridized carbons (Fsp3) is 0.818. The Balaban J connectivity index is 1.39. The number of hydrogen-bond donors (Lipinski definition) is 1. The summed E-state index contributed by atoms with van der Waals surface area (Å²) in [6, 6.07) is 10.5. The van der Waals surface area contributed by atoms with E-state index in [0.717, 1.165) is 19.4 Å². The molecule has 2 saturated heterocycles. The first-order valence-electron chi connectivity index (χ1n) is 21.0. The van der Waals surface area contributed by atoms with Crippen LogP contribution in [0.25, 0.3) is 0 Å². The summed E-state index contributed by atoms with van der Waals surface area (Å²) in [6.07, 6.45) is 20.3. The van der Waals surface area contributed by atoms with Gasteiger partial charge in [-0.25, -0.2) is 0 Å². The molecule has 0 bridgehead atoms. The van der Waals surface area contributed by atoms with Crippen molar-refractivity contribution < 1.29 is 28.1 Å². The third-order valence-corrected chi connectivity index (χ3v) is 16.1.